The second-order valence-electron chi connectivity index (χ2n) is 7.26. The first-order valence-electron chi connectivity index (χ1n) is 9.27. The van der Waals surface area contributed by atoms with Crippen molar-refractivity contribution < 1.29 is 8.42 Å². The van der Waals surface area contributed by atoms with Crippen LogP contribution in [0.25, 0.3) is 33.2 Å². The van der Waals surface area contributed by atoms with Gasteiger partial charge in [-0.05, 0) is 37.4 Å². The Kier molecular flexibility index (Phi) is 4.01. The van der Waals surface area contributed by atoms with Crippen LogP contribution in [0.4, 0.5) is 0 Å². The van der Waals surface area contributed by atoms with E-state index in [4.69, 9.17) is 0 Å². The van der Waals surface area contributed by atoms with Gasteiger partial charge in [0, 0.05) is 42.5 Å². The third-order valence-electron chi connectivity index (χ3n) is 5.42. The van der Waals surface area contributed by atoms with E-state index in [0.29, 0.717) is 18.0 Å². The largest absolute Gasteiger partial charge is 0.353 e. The van der Waals surface area contributed by atoms with Crippen LogP contribution in [-0.2, 0) is 10.0 Å². The number of aromatic nitrogens is 3. The number of hydrogen-bond donors (Lipinski definition) is 2. The number of piperazine rings is 1. The van der Waals surface area contributed by atoms with Crippen LogP contribution in [0.3, 0.4) is 0 Å². The topological polar surface area (TPSA) is 85.1 Å². The van der Waals surface area contributed by atoms with Crippen LogP contribution in [0.15, 0.2) is 53.4 Å². The van der Waals surface area contributed by atoms with Crippen molar-refractivity contribution in [1.82, 2.24) is 24.4 Å². The Morgan fingerprint density at radius 2 is 1.75 bits per heavy atom. The quantitative estimate of drug-likeness (QED) is 0.558. The molecule has 2 N–H and O–H groups in total. The minimum Gasteiger partial charge on any atom is -0.353 e. The van der Waals surface area contributed by atoms with Gasteiger partial charge in [-0.15, -0.1) is 0 Å². The summed E-state index contributed by atoms with van der Waals surface area (Å²) in [7, 11) is -1.48. The molecule has 3 heterocycles. The molecule has 2 aromatic carbocycles. The van der Waals surface area contributed by atoms with Crippen LogP contribution in [0.1, 0.15) is 0 Å². The highest BCUT2D eigenvalue weighted by Gasteiger charge is 2.27. The molecule has 1 aliphatic heterocycles. The zero-order valence-electron chi connectivity index (χ0n) is 15.5. The zero-order valence-corrected chi connectivity index (χ0v) is 16.3. The van der Waals surface area contributed by atoms with Crippen molar-refractivity contribution in [3.05, 3.63) is 48.5 Å². The smallest absolute Gasteiger partial charge is 0.243 e. The van der Waals surface area contributed by atoms with E-state index in [0.717, 1.165) is 46.3 Å². The fraction of sp³-hybridized carbons (Fsp3) is 0.250. The van der Waals surface area contributed by atoms with Crippen molar-refractivity contribution in [2.24, 2.45) is 0 Å². The van der Waals surface area contributed by atoms with Crippen molar-refractivity contribution in [2.45, 2.75) is 4.90 Å². The molecule has 7 nitrogen and oxygen atoms in total. The van der Waals surface area contributed by atoms with Gasteiger partial charge >= 0.3 is 0 Å². The molecule has 1 aliphatic rings. The van der Waals surface area contributed by atoms with Gasteiger partial charge in [0.2, 0.25) is 10.0 Å². The molecule has 0 atom stereocenters. The first kappa shape index (κ1) is 17.4. The molecule has 1 saturated heterocycles. The number of likely N-dealkylation sites (N-methyl/N-ethyl adjacent to an activating group) is 1. The normalized spacial score (nSPS) is 16.9. The van der Waals surface area contributed by atoms with E-state index in [1.165, 1.54) is 0 Å². The number of sulfonamides is 1. The van der Waals surface area contributed by atoms with Gasteiger partial charge in [-0.1, -0.05) is 18.2 Å². The fourth-order valence-corrected chi connectivity index (χ4v) is 5.20. The Balaban J connectivity index is 1.54. The van der Waals surface area contributed by atoms with E-state index in [-0.39, 0.29) is 0 Å². The number of rotatable bonds is 3. The summed E-state index contributed by atoms with van der Waals surface area (Å²) < 4.78 is 27.6. The number of fused-ring (bicyclic) bond motifs is 2. The maximum absolute atomic E-state index is 13.0. The third-order valence-corrected chi connectivity index (χ3v) is 7.31. The van der Waals surface area contributed by atoms with E-state index in [2.05, 4.69) is 20.1 Å². The van der Waals surface area contributed by atoms with E-state index in [1.807, 2.05) is 43.4 Å². The van der Waals surface area contributed by atoms with Crippen molar-refractivity contribution in [3.63, 3.8) is 0 Å². The molecule has 0 spiro atoms. The van der Waals surface area contributed by atoms with Crippen molar-refractivity contribution in [3.8, 4) is 11.4 Å². The maximum atomic E-state index is 13.0. The molecule has 0 radical (unpaired) electrons. The molecule has 28 heavy (non-hydrogen) atoms. The SMILES string of the molecule is CN1CCN(S(=O)(=O)c2ccc3[nH]c(-c4n[nH]c5ccccc45)cc3c2)CC1. The molecule has 4 aromatic rings. The van der Waals surface area contributed by atoms with Crippen LogP contribution in [-0.4, -0.2) is 66.0 Å². The molecule has 1 fully saturated rings. The summed E-state index contributed by atoms with van der Waals surface area (Å²) in [5.74, 6) is 0. The maximum Gasteiger partial charge on any atom is 0.243 e. The minimum atomic E-state index is -3.49. The number of nitrogens with zero attached hydrogens (tertiary/aromatic N) is 3. The molecule has 0 saturated carbocycles. The lowest BCUT2D eigenvalue weighted by Gasteiger charge is -2.31. The summed E-state index contributed by atoms with van der Waals surface area (Å²) >= 11 is 0. The van der Waals surface area contributed by atoms with Crippen LogP contribution in [0, 0.1) is 0 Å². The average molecular weight is 395 g/mol. The van der Waals surface area contributed by atoms with E-state index < -0.39 is 10.0 Å². The summed E-state index contributed by atoms with van der Waals surface area (Å²) in [6.07, 6.45) is 0. The molecule has 8 heteroatoms. The Morgan fingerprint density at radius 1 is 0.964 bits per heavy atom. The Morgan fingerprint density at radius 3 is 2.57 bits per heavy atom. The molecule has 0 unspecified atom stereocenters. The lowest BCUT2D eigenvalue weighted by molar-refractivity contribution is 0.222. The van der Waals surface area contributed by atoms with Gasteiger partial charge < -0.3 is 9.88 Å². The van der Waals surface area contributed by atoms with Gasteiger partial charge in [0.05, 0.1) is 16.1 Å². The Bertz CT molecular complexity index is 1270. The fourth-order valence-electron chi connectivity index (χ4n) is 3.75. The molecular weight excluding hydrogens is 374 g/mol. The summed E-state index contributed by atoms with van der Waals surface area (Å²) in [5, 5.41) is 9.35. The number of para-hydroxylation sites is 1. The third kappa shape index (κ3) is 2.81. The number of benzene rings is 2. The predicted molar refractivity (Wildman–Crippen MR) is 110 cm³/mol. The molecule has 0 aliphatic carbocycles. The highest BCUT2D eigenvalue weighted by Crippen LogP contribution is 2.30. The van der Waals surface area contributed by atoms with Gasteiger partial charge in [-0.25, -0.2) is 8.42 Å². The van der Waals surface area contributed by atoms with Crippen molar-refractivity contribution in [1.29, 1.82) is 0 Å². The van der Waals surface area contributed by atoms with Gasteiger partial charge in [-0.2, -0.15) is 9.40 Å². The second-order valence-corrected chi connectivity index (χ2v) is 9.20. The number of H-pyrrole nitrogens is 2. The average Bonchev–Trinajstić information content (AvgIpc) is 3.31. The minimum absolute atomic E-state index is 0.335. The number of hydrogen-bond acceptors (Lipinski definition) is 4. The standard InChI is InChI=1S/C20H21N5O2S/c1-24-8-10-25(11-9-24)28(26,27)15-6-7-17-14(12-15)13-19(21-17)20-16-4-2-3-5-18(16)22-23-20/h2-7,12-13,21H,8-11H2,1H3,(H,22,23). The van der Waals surface area contributed by atoms with Gasteiger partial charge in [0.15, 0.2) is 0 Å². The van der Waals surface area contributed by atoms with E-state index in [1.54, 1.807) is 16.4 Å². The van der Waals surface area contributed by atoms with Crippen molar-refractivity contribution >= 4 is 31.8 Å². The van der Waals surface area contributed by atoms with Crippen LogP contribution in [0.5, 0.6) is 0 Å². The van der Waals surface area contributed by atoms with Crippen molar-refractivity contribution in [2.75, 3.05) is 33.2 Å². The molecule has 144 valence electrons. The van der Waals surface area contributed by atoms with Crippen LogP contribution < -0.4 is 0 Å². The zero-order chi connectivity index (χ0) is 19.3. The number of nitrogens with one attached hydrogen (secondary N) is 2. The van der Waals surface area contributed by atoms with Crippen LogP contribution >= 0.6 is 0 Å². The highest BCUT2D eigenvalue weighted by molar-refractivity contribution is 7.89. The summed E-state index contributed by atoms with van der Waals surface area (Å²) in [4.78, 5) is 5.83. The van der Waals surface area contributed by atoms with Gasteiger partial charge in [-0.3, -0.25) is 5.10 Å². The molecule has 0 bridgehead atoms. The highest BCUT2D eigenvalue weighted by atomic mass is 32.2. The monoisotopic (exact) mass is 395 g/mol. The lowest BCUT2D eigenvalue weighted by Crippen LogP contribution is -2.46. The molecule has 2 aromatic heterocycles. The van der Waals surface area contributed by atoms with Gasteiger partial charge in [0.25, 0.3) is 0 Å². The summed E-state index contributed by atoms with van der Waals surface area (Å²) in [6.45, 7) is 2.55. The summed E-state index contributed by atoms with van der Waals surface area (Å²) in [5.41, 5.74) is 3.55. The predicted octanol–water partition coefficient (Wildman–Crippen LogP) is 2.65. The number of aromatic amines is 2. The Labute approximate surface area is 163 Å². The van der Waals surface area contributed by atoms with Gasteiger partial charge in [0.1, 0.15) is 5.69 Å². The Hall–Kier alpha value is -2.68. The lowest BCUT2D eigenvalue weighted by atomic mass is 10.1. The van der Waals surface area contributed by atoms with Crippen LogP contribution in [0.2, 0.25) is 0 Å². The molecule has 5 rings (SSSR count). The van der Waals surface area contributed by atoms with E-state index >= 15 is 0 Å². The molecular formula is C20H21N5O2S. The van der Waals surface area contributed by atoms with E-state index in [9.17, 15) is 8.42 Å². The second kappa shape index (κ2) is 6.44. The molecule has 0 amide bonds. The summed E-state index contributed by atoms with van der Waals surface area (Å²) in [6, 6.07) is 15.2. The first-order valence-corrected chi connectivity index (χ1v) is 10.7. The first-order chi connectivity index (χ1) is 13.5.